The SMILES string of the molecule is CC(Cl)CC(=O)NNS(=O)(=O)O. The molecule has 72 valence electrons. The van der Waals surface area contributed by atoms with Gasteiger partial charge in [0, 0.05) is 11.8 Å². The van der Waals surface area contributed by atoms with E-state index in [0.29, 0.717) is 0 Å². The summed E-state index contributed by atoms with van der Waals surface area (Å²) < 4.78 is 28.2. The minimum Gasteiger partial charge on any atom is -0.276 e. The molecule has 1 unspecified atom stereocenters. The van der Waals surface area contributed by atoms with Crippen LogP contribution in [-0.2, 0) is 15.1 Å². The molecular weight excluding hydrogens is 208 g/mol. The number of hydrazine groups is 1. The fourth-order valence-electron chi connectivity index (χ4n) is 0.428. The van der Waals surface area contributed by atoms with Gasteiger partial charge < -0.3 is 0 Å². The Balaban J connectivity index is 3.73. The van der Waals surface area contributed by atoms with Gasteiger partial charge in [-0.3, -0.25) is 14.8 Å². The molecule has 12 heavy (non-hydrogen) atoms. The molecule has 3 N–H and O–H groups in total. The summed E-state index contributed by atoms with van der Waals surface area (Å²) in [6, 6.07) is 0. The lowest BCUT2D eigenvalue weighted by Crippen LogP contribution is -2.41. The Morgan fingerprint density at radius 3 is 2.50 bits per heavy atom. The van der Waals surface area contributed by atoms with Crippen LogP contribution in [-0.4, -0.2) is 24.3 Å². The molecule has 0 aromatic rings. The van der Waals surface area contributed by atoms with Gasteiger partial charge in [-0.15, -0.1) is 16.4 Å². The van der Waals surface area contributed by atoms with Crippen LogP contribution in [0.5, 0.6) is 0 Å². The van der Waals surface area contributed by atoms with Crippen LogP contribution in [0, 0.1) is 0 Å². The summed E-state index contributed by atoms with van der Waals surface area (Å²) in [6.07, 6.45) is -0.0376. The molecule has 0 rings (SSSR count). The predicted octanol–water partition coefficient (Wildman–Crippen LogP) is -0.573. The normalized spacial score (nSPS) is 13.9. The van der Waals surface area contributed by atoms with Gasteiger partial charge in [-0.25, -0.2) is 0 Å². The number of rotatable bonds is 4. The number of halogens is 1. The summed E-state index contributed by atoms with van der Waals surface area (Å²) in [5.74, 6) is -0.616. The quantitative estimate of drug-likeness (QED) is 0.333. The van der Waals surface area contributed by atoms with E-state index in [1.165, 1.54) is 4.83 Å². The number of hydrogen-bond donors (Lipinski definition) is 3. The van der Waals surface area contributed by atoms with E-state index in [1.807, 2.05) is 0 Å². The number of nitrogens with one attached hydrogen (secondary N) is 2. The summed E-state index contributed by atoms with van der Waals surface area (Å²) in [5, 5.41) is -0.395. The van der Waals surface area contributed by atoms with Crippen molar-refractivity contribution in [1.82, 2.24) is 10.3 Å². The second kappa shape index (κ2) is 4.61. The first-order valence-corrected chi connectivity index (χ1v) is 4.86. The molecule has 0 heterocycles. The van der Waals surface area contributed by atoms with Crippen molar-refractivity contribution in [2.24, 2.45) is 0 Å². The third-order valence-corrected chi connectivity index (χ3v) is 1.30. The molecular formula is C4H9ClN2O4S. The number of amides is 1. The van der Waals surface area contributed by atoms with E-state index in [9.17, 15) is 13.2 Å². The maximum atomic E-state index is 10.7. The zero-order valence-corrected chi connectivity index (χ0v) is 7.82. The Labute approximate surface area is 75.1 Å². The first-order valence-electron chi connectivity index (χ1n) is 2.98. The summed E-state index contributed by atoms with van der Waals surface area (Å²) in [6.45, 7) is 1.58. The zero-order chi connectivity index (χ0) is 9.78. The Kier molecular flexibility index (Phi) is 4.46. The van der Waals surface area contributed by atoms with Crippen molar-refractivity contribution < 1.29 is 17.8 Å². The first kappa shape index (κ1) is 11.6. The zero-order valence-electron chi connectivity index (χ0n) is 6.24. The number of hydrogen-bond acceptors (Lipinski definition) is 3. The molecule has 1 amide bonds. The minimum absolute atomic E-state index is 0.0376. The van der Waals surface area contributed by atoms with E-state index >= 15 is 0 Å². The average Bonchev–Trinajstić information content (AvgIpc) is 1.80. The summed E-state index contributed by atoms with van der Waals surface area (Å²) in [5.41, 5.74) is 1.74. The van der Waals surface area contributed by atoms with Gasteiger partial charge in [-0.2, -0.15) is 8.42 Å². The molecule has 0 radical (unpaired) electrons. The van der Waals surface area contributed by atoms with Crippen LogP contribution >= 0.6 is 11.6 Å². The van der Waals surface area contributed by atoms with Crippen molar-refractivity contribution in [3.8, 4) is 0 Å². The molecule has 8 heteroatoms. The summed E-state index contributed by atoms with van der Waals surface area (Å²) in [4.78, 5) is 12.1. The lowest BCUT2D eigenvalue weighted by Gasteiger charge is -2.04. The van der Waals surface area contributed by atoms with E-state index in [0.717, 1.165) is 0 Å². The van der Waals surface area contributed by atoms with Gasteiger partial charge in [-0.05, 0) is 6.92 Å². The number of carbonyl (C=O) groups is 1. The average molecular weight is 217 g/mol. The van der Waals surface area contributed by atoms with Crippen LogP contribution < -0.4 is 10.3 Å². The van der Waals surface area contributed by atoms with Gasteiger partial charge in [0.2, 0.25) is 5.91 Å². The highest BCUT2D eigenvalue weighted by Gasteiger charge is 2.08. The molecule has 0 aromatic carbocycles. The van der Waals surface area contributed by atoms with Gasteiger partial charge in [-0.1, -0.05) is 0 Å². The maximum Gasteiger partial charge on any atom is 0.350 e. The van der Waals surface area contributed by atoms with Crippen LogP contribution in [0.1, 0.15) is 13.3 Å². The number of carbonyl (C=O) groups excluding carboxylic acids is 1. The fraction of sp³-hybridized carbons (Fsp3) is 0.750. The standard InChI is InChI=1S/C4H9ClN2O4S/c1-3(5)2-4(8)6-7-12(9,10)11/h3,7H,2H2,1H3,(H,6,8)(H,9,10,11). The van der Waals surface area contributed by atoms with Crippen LogP contribution in [0.4, 0.5) is 0 Å². The lowest BCUT2D eigenvalue weighted by atomic mass is 10.3. The van der Waals surface area contributed by atoms with Crippen molar-refractivity contribution in [3.63, 3.8) is 0 Å². The van der Waals surface area contributed by atoms with Crippen molar-refractivity contribution in [2.75, 3.05) is 0 Å². The highest BCUT2D eigenvalue weighted by Crippen LogP contribution is 1.98. The molecule has 0 bridgehead atoms. The second-order valence-electron chi connectivity index (χ2n) is 2.11. The topological polar surface area (TPSA) is 95.5 Å². The van der Waals surface area contributed by atoms with Crippen LogP contribution in [0.25, 0.3) is 0 Å². The van der Waals surface area contributed by atoms with Crippen LogP contribution in [0.3, 0.4) is 0 Å². The van der Waals surface area contributed by atoms with E-state index in [-0.39, 0.29) is 6.42 Å². The van der Waals surface area contributed by atoms with E-state index in [1.54, 1.807) is 12.3 Å². The molecule has 0 spiro atoms. The van der Waals surface area contributed by atoms with Crippen molar-refractivity contribution >= 4 is 27.8 Å². The largest absolute Gasteiger partial charge is 0.350 e. The molecule has 0 saturated carbocycles. The Morgan fingerprint density at radius 1 is 1.67 bits per heavy atom. The van der Waals surface area contributed by atoms with E-state index in [2.05, 4.69) is 0 Å². The third kappa shape index (κ3) is 7.73. The highest BCUT2D eigenvalue weighted by atomic mass is 35.5. The fourth-order valence-corrected chi connectivity index (χ4v) is 0.811. The van der Waals surface area contributed by atoms with Gasteiger partial charge in [0.25, 0.3) is 0 Å². The minimum atomic E-state index is -4.38. The van der Waals surface area contributed by atoms with E-state index in [4.69, 9.17) is 16.2 Å². The highest BCUT2D eigenvalue weighted by molar-refractivity contribution is 7.83. The molecule has 0 aliphatic rings. The van der Waals surface area contributed by atoms with Gasteiger partial charge in [0.05, 0.1) is 0 Å². The molecule has 0 aliphatic heterocycles. The smallest absolute Gasteiger partial charge is 0.276 e. The number of alkyl halides is 1. The Morgan fingerprint density at radius 2 is 2.17 bits per heavy atom. The lowest BCUT2D eigenvalue weighted by molar-refractivity contribution is -0.121. The monoisotopic (exact) mass is 216 g/mol. The molecule has 0 aliphatic carbocycles. The molecule has 1 atom stereocenters. The van der Waals surface area contributed by atoms with Crippen molar-refractivity contribution in [3.05, 3.63) is 0 Å². The predicted molar refractivity (Wildman–Crippen MR) is 42.8 cm³/mol. The summed E-state index contributed by atoms with van der Waals surface area (Å²) in [7, 11) is -4.38. The van der Waals surface area contributed by atoms with Gasteiger partial charge in [0.15, 0.2) is 0 Å². The van der Waals surface area contributed by atoms with Crippen molar-refractivity contribution in [2.45, 2.75) is 18.7 Å². The first-order chi connectivity index (χ1) is 5.31. The Bertz CT molecular complexity index is 250. The van der Waals surface area contributed by atoms with Crippen LogP contribution in [0.15, 0.2) is 0 Å². The third-order valence-electron chi connectivity index (χ3n) is 0.786. The van der Waals surface area contributed by atoms with Crippen LogP contribution in [0.2, 0.25) is 0 Å². The van der Waals surface area contributed by atoms with Gasteiger partial charge >= 0.3 is 10.3 Å². The Hall–Kier alpha value is -0.370. The molecule has 6 nitrogen and oxygen atoms in total. The van der Waals surface area contributed by atoms with Crippen molar-refractivity contribution in [1.29, 1.82) is 0 Å². The molecule has 0 saturated heterocycles. The molecule has 0 aromatic heterocycles. The van der Waals surface area contributed by atoms with Gasteiger partial charge in [0.1, 0.15) is 0 Å². The molecule has 0 fully saturated rings. The van der Waals surface area contributed by atoms with E-state index < -0.39 is 21.6 Å². The second-order valence-corrected chi connectivity index (χ2v) is 4.01. The maximum absolute atomic E-state index is 10.7. The summed E-state index contributed by atoms with van der Waals surface area (Å²) >= 11 is 5.42.